The van der Waals surface area contributed by atoms with Gasteiger partial charge in [0.15, 0.2) is 6.04 Å². The van der Waals surface area contributed by atoms with Crippen LogP contribution in [0, 0.1) is 0 Å². The molecule has 2 atom stereocenters. The molecule has 1 heterocycles. The summed E-state index contributed by atoms with van der Waals surface area (Å²) in [6.45, 7) is 9.14. The molecule has 1 rings (SSSR count). The fraction of sp³-hybridized carbons (Fsp3) is 0.733. The van der Waals surface area contributed by atoms with Crippen LogP contribution in [0.5, 0.6) is 0 Å². The van der Waals surface area contributed by atoms with Gasteiger partial charge in [-0.1, -0.05) is 0 Å². The van der Waals surface area contributed by atoms with Crippen molar-refractivity contribution in [3.8, 4) is 0 Å². The van der Waals surface area contributed by atoms with E-state index in [-0.39, 0.29) is 13.1 Å². The van der Waals surface area contributed by atoms with Crippen molar-refractivity contribution in [3.05, 3.63) is 0 Å². The molecule has 2 unspecified atom stereocenters. The lowest BCUT2D eigenvalue weighted by Gasteiger charge is -2.34. The summed E-state index contributed by atoms with van der Waals surface area (Å²) in [4.78, 5) is 49.5. The summed E-state index contributed by atoms with van der Waals surface area (Å²) in [6, 6.07) is -2.26. The number of carboxylic acids is 1. The number of imide groups is 1. The summed E-state index contributed by atoms with van der Waals surface area (Å²) >= 11 is 0. The van der Waals surface area contributed by atoms with Crippen molar-refractivity contribution in [2.45, 2.75) is 52.4 Å². The van der Waals surface area contributed by atoms with Crippen molar-refractivity contribution in [1.29, 1.82) is 0 Å². The minimum absolute atomic E-state index is 0.0189. The molecule has 136 valence electrons. The number of aliphatic carboxylic acids is 1. The van der Waals surface area contributed by atoms with E-state index in [0.717, 1.165) is 4.90 Å². The van der Waals surface area contributed by atoms with Crippen LogP contribution in [0.2, 0.25) is 0 Å². The standard InChI is InChI=1S/C15H25N3O6/c1-6-17-7-8-18(12(20)11(17)19)14(23)16-10(13(21)22)9(2)24-15(3,4)5/h9-10H,6-8H2,1-5H3,(H,16,23)(H,21,22). The highest BCUT2D eigenvalue weighted by Crippen LogP contribution is 2.14. The first-order valence-corrected chi connectivity index (χ1v) is 7.79. The fourth-order valence-corrected chi connectivity index (χ4v) is 2.39. The van der Waals surface area contributed by atoms with Crippen LogP contribution in [-0.4, -0.2) is 76.1 Å². The van der Waals surface area contributed by atoms with Gasteiger partial charge in [0.1, 0.15) is 0 Å². The number of hydrogen-bond donors (Lipinski definition) is 2. The first-order chi connectivity index (χ1) is 11.0. The predicted molar refractivity (Wildman–Crippen MR) is 84.2 cm³/mol. The quantitative estimate of drug-likeness (QED) is 0.681. The number of carbonyl (C=O) groups is 4. The molecule has 1 saturated heterocycles. The third kappa shape index (κ3) is 4.92. The van der Waals surface area contributed by atoms with E-state index in [0.29, 0.717) is 6.54 Å². The zero-order valence-corrected chi connectivity index (χ0v) is 14.7. The first-order valence-electron chi connectivity index (χ1n) is 7.79. The molecule has 0 aromatic carbocycles. The largest absolute Gasteiger partial charge is 0.480 e. The Morgan fingerprint density at radius 1 is 1.25 bits per heavy atom. The number of piperazine rings is 1. The Hall–Kier alpha value is -2.16. The minimum atomic E-state index is -1.34. The molecule has 0 bridgehead atoms. The van der Waals surface area contributed by atoms with E-state index in [1.807, 2.05) is 0 Å². The Morgan fingerprint density at radius 3 is 2.29 bits per heavy atom. The molecule has 4 amide bonds. The molecule has 24 heavy (non-hydrogen) atoms. The van der Waals surface area contributed by atoms with Gasteiger partial charge in [-0.15, -0.1) is 0 Å². The molecule has 9 heteroatoms. The van der Waals surface area contributed by atoms with Gasteiger partial charge in [-0.05, 0) is 34.6 Å². The Kier molecular flexibility index (Phi) is 6.30. The molecule has 0 aromatic heterocycles. The average molecular weight is 343 g/mol. The fourth-order valence-electron chi connectivity index (χ4n) is 2.39. The lowest BCUT2D eigenvalue weighted by atomic mass is 10.1. The monoisotopic (exact) mass is 343 g/mol. The first kappa shape index (κ1) is 19.9. The smallest absolute Gasteiger partial charge is 0.328 e. The van der Waals surface area contributed by atoms with Crippen LogP contribution in [0.25, 0.3) is 0 Å². The van der Waals surface area contributed by atoms with Gasteiger partial charge < -0.3 is 20.1 Å². The zero-order valence-electron chi connectivity index (χ0n) is 14.7. The van der Waals surface area contributed by atoms with E-state index >= 15 is 0 Å². The van der Waals surface area contributed by atoms with Crippen LogP contribution in [-0.2, 0) is 19.1 Å². The summed E-state index contributed by atoms with van der Waals surface area (Å²) in [6.07, 6.45) is -0.825. The Bertz CT molecular complexity index is 528. The number of amides is 4. The second-order valence-electron chi connectivity index (χ2n) is 6.54. The van der Waals surface area contributed by atoms with Gasteiger partial charge in [0.25, 0.3) is 0 Å². The average Bonchev–Trinajstić information content (AvgIpc) is 2.45. The van der Waals surface area contributed by atoms with E-state index < -0.39 is 41.6 Å². The zero-order chi connectivity index (χ0) is 18.7. The SMILES string of the molecule is CCN1CCN(C(=O)NC(C(=O)O)C(C)OC(C)(C)C)C(=O)C1=O. The number of carboxylic acid groups (broad SMARTS) is 1. The van der Waals surface area contributed by atoms with Crippen LogP contribution in [0.1, 0.15) is 34.6 Å². The maximum atomic E-state index is 12.2. The number of likely N-dealkylation sites (N-methyl/N-ethyl adjacent to an activating group) is 1. The van der Waals surface area contributed by atoms with E-state index in [9.17, 15) is 24.3 Å². The van der Waals surface area contributed by atoms with Crippen molar-refractivity contribution < 1.29 is 29.0 Å². The lowest BCUT2D eigenvalue weighted by molar-refractivity contribution is -0.154. The predicted octanol–water partition coefficient (Wildman–Crippen LogP) is 0.0435. The minimum Gasteiger partial charge on any atom is -0.480 e. The van der Waals surface area contributed by atoms with E-state index in [1.165, 1.54) is 11.8 Å². The molecular formula is C15H25N3O6. The number of nitrogens with one attached hydrogen (secondary N) is 1. The number of ether oxygens (including phenoxy) is 1. The van der Waals surface area contributed by atoms with Crippen LogP contribution in [0.3, 0.4) is 0 Å². The summed E-state index contributed by atoms with van der Waals surface area (Å²) in [5, 5.41) is 11.6. The Labute approximate surface area is 140 Å². The molecule has 9 nitrogen and oxygen atoms in total. The Morgan fingerprint density at radius 2 is 1.83 bits per heavy atom. The molecule has 0 radical (unpaired) electrons. The normalized spacial score (nSPS) is 18.4. The van der Waals surface area contributed by atoms with Crippen LogP contribution < -0.4 is 5.32 Å². The molecule has 0 aromatic rings. The highest BCUT2D eigenvalue weighted by molar-refractivity contribution is 6.38. The third-order valence-electron chi connectivity index (χ3n) is 3.49. The van der Waals surface area contributed by atoms with Gasteiger partial charge in [0.2, 0.25) is 0 Å². The maximum Gasteiger partial charge on any atom is 0.328 e. The van der Waals surface area contributed by atoms with Gasteiger partial charge in [-0.3, -0.25) is 14.5 Å². The highest BCUT2D eigenvalue weighted by atomic mass is 16.5. The highest BCUT2D eigenvalue weighted by Gasteiger charge is 2.38. The molecule has 2 N–H and O–H groups in total. The molecular weight excluding hydrogens is 318 g/mol. The number of urea groups is 1. The topological polar surface area (TPSA) is 116 Å². The van der Waals surface area contributed by atoms with Gasteiger partial charge in [0, 0.05) is 19.6 Å². The van der Waals surface area contributed by atoms with Crippen LogP contribution >= 0.6 is 0 Å². The Balaban J connectivity index is 2.81. The molecule has 0 aliphatic carbocycles. The molecule has 1 aliphatic rings. The maximum absolute atomic E-state index is 12.2. The van der Waals surface area contributed by atoms with Crippen LogP contribution in [0.15, 0.2) is 0 Å². The van der Waals surface area contributed by atoms with E-state index in [1.54, 1.807) is 27.7 Å². The molecule has 0 saturated carbocycles. The number of hydrogen-bond acceptors (Lipinski definition) is 5. The molecule has 1 aliphatic heterocycles. The van der Waals surface area contributed by atoms with Gasteiger partial charge in [-0.25, -0.2) is 9.59 Å². The van der Waals surface area contributed by atoms with Crippen LogP contribution in [0.4, 0.5) is 4.79 Å². The summed E-state index contributed by atoms with van der Waals surface area (Å²) in [5.41, 5.74) is -0.601. The van der Waals surface area contributed by atoms with Gasteiger partial charge >= 0.3 is 23.8 Å². The molecule has 0 spiro atoms. The second kappa shape index (κ2) is 7.61. The van der Waals surface area contributed by atoms with E-state index in [4.69, 9.17) is 4.74 Å². The van der Waals surface area contributed by atoms with Crippen molar-refractivity contribution in [2.75, 3.05) is 19.6 Å². The van der Waals surface area contributed by atoms with Crippen molar-refractivity contribution in [2.24, 2.45) is 0 Å². The lowest BCUT2D eigenvalue weighted by Crippen LogP contribution is -2.61. The van der Waals surface area contributed by atoms with Gasteiger partial charge in [0.05, 0.1) is 11.7 Å². The summed E-state index contributed by atoms with van der Waals surface area (Å²) < 4.78 is 5.56. The number of carbonyl (C=O) groups excluding carboxylic acids is 3. The van der Waals surface area contributed by atoms with Crippen molar-refractivity contribution in [1.82, 2.24) is 15.1 Å². The van der Waals surface area contributed by atoms with E-state index in [2.05, 4.69) is 5.32 Å². The summed E-state index contributed by atoms with van der Waals surface area (Å²) in [7, 11) is 0. The van der Waals surface area contributed by atoms with Crippen molar-refractivity contribution in [3.63, 3.8) is 0 Å². The third-order valence-corrected chi connectivity index (χ3v) is 3.49. The number of rotatable bonds is 5. The number of nitrogens with zero attached hydrogens (tertiary/aromatic N) is 2. The molecule has 1 fully saturated rings. The second-order valence-corrected chi connectivity index (χ2v) is 6.54. The summed E-state index contributed by atoms with van der Waals surface area (Å²) in [5.74, 6) is -3.02. The van der Waals surface area contributed by atoms with Crippen molar-refractivity contribution >= 4 is 23.8 Å². The van der Waals surface area contributed by atoms with Gasteiger partial charge in [-0.2, -0.15) is 0 Å².